The van der Waals surface area contributed by atoms with Crippen molar-refractivity contribution in [3.8, 4) is 0 Å². The van der Waals surface area contributed by atoms with Crippen LogP contribution < -0.4 is 0 Å². The van der Waals surface area contributed by atoms with Crippen molar-refractivity contribution < 1.29 is 33.5 Å². The second-order valence-corrected chi connectivity index (χ2v) is 5.28. The molecule has 0 aromatic carbocycles. The van der Waals surface area contributed by atoms with E-state index in [0.29, 0.717) is 72.7 Å². The van der Waals surface area contributed by atoms with E-state index >= 15 is 0 Å². The van der Waals surface area contributed by atoms with Gasteiger partial charge in [0.05, 0.1) is 79.3 Å². The number of rotatable bonds is 21. The first-order valence-electron chi connectivity index (χ1n) is 8.60. The molecule has 0 rings (SSSR count). The van der Waals surface area contributed by atoms with E-state index < -0.39 is 0 Å². The highest BCUT2D eigenvalue weighted by Gasteiger charge is 1.94. The Bertz CT molecular complexity index is 201. The smallest absolute Gasteiger partial charge is 0.0701 e. The molecule has 0 unspecified atom stereocenters. The van der Waals surface area contributed by atoms with Crippen LogP contribution in [0.5, 0.6) is 0 Å². The SMILES string of the molecule is OCCOCCOCCOCCOCCOCCOCCCCS. The Morgan fingerprint density at radius 3 is 1.12 bits per heavy atom. The van der Waals surface area contributed by atoms with Crippen molar-refractivity contribution in [2.45, 2.75) is 12.8 Å². The van der Waals surface area contributed by atoms with Gasteiger partial charge in [0.2, 0.25) is 0 Å². The number of thiol groups is 1. The molecule has 146 valence electrons. The van der Waals surface area contributed by atoms with Gasteiger partial charge in [-0.1, -0.05) is 0 Å². The Kier molecular flexibility index (Phi) is 23.1. The van der Waals surface area contributed by atoms with Crippen molar-refractivity contribution in [2.75, 3.05) is 91.6 Å². The lowest BCUT2D eigenvalue weighted by atomic mass is 10.4. The molecular weight excluding hydrogens is 336 g/mol. The summed E-state index contributed by atoms with van der Waals surface area (Å²) in [6, 6.07) is 0. The Morgan fingerprint density at radius 2 is 0.792 bits per heavy atom. The fourth-order valence-corrected chi connectivity index (χ4v) is 1.81. The van der Waals surface area contributed by atoms with Gasteiger partial charge < -0.3 is 33.5 Å². The van der Waals surface area contributed by atoms with E-state index in [0.717, 1.165) is 25.2 Å². The zero-order chi connectivity index (χ0) is 17.6. The Hall–Kier alpha value is 0.0700. The van der Waals surface area contributed by atoms with Crippen molar-refractivity contribution in [3.05, 3.63) is 0 Å². The molecule has 0 saturated carbocycles. The zero-order valence-corrected chi connectivity index (χ0v) is 15.6. The topological polar surface area (TPSA) is 75.6 Å². The second kappa shape index (κ2) is 23.1. The average molecular weight is 371 g/mol. The third kappa shape index (κ3) is 22.1. The monoisotopic (exact) mass is 370 g/mol. The average Bonchev–Trinajstić information content (AvgIpc) is 2.60. The summed E-state index contributed by atoms with van der Waals surface area (Å²) in [5.41, 5.74) is 0. The molecule has 0 aromatic heterocycles. The van der Waals surface area contributed by atoms with E-state index in [9.17, 15) is 0 Å². The Labute approximate surface area is 151 Å². The summed E-state index contributed by atoms with van der Waals surface area (Å²) in [4.78, 5) is 0. The van der Waals surface area contributed by atoms with Crippen molar-refractivity contribution in [3.63, 3.8) is 0 Å². The minimum absolute atomic E-state index is 0.0403. The van der Waals surface area contributed by atoms with E-state index in [1.807, 2.05) is 0 Å². The predicted octanol–water partition coefficient (Wildman–Crippen LogP) is 0.788. The van der Waals surface area contributed by atoms with E-state index in [4.69, 9.17) is 33.5 Å². The van der Waals surface area contributed by atoms with E-state index in [2.05, 4.69) is 12.6 Å². The number of aliphatic hydroxyl groups excluding tert-OH is 1. The lowest BCUT2D eigenvalue weighted by Crippen LogP contribution is -2.14. The Balaban J connectivity index is 2.93. The van der Waals surface area contributed by atoms with Crippen LogP contribution in [0.1, 0.15) is 12.8 Å². The third-order valence-corrected chi connectivity index (χ3v) is 3.11. The molecule has 0 aliphatic heterocycles. The molecule has 1 N–H and O–H groups in total. The molecule has 0 amide bonds. The molecule has 0 aliphatic rings. The van der Waals surface area contributed by atoms with Crippen LogP contribution in [-0.2, 0) is 28.4 Å². The van der Waals surface area contributed by atoms with Crippen LogP contribution in [0.2, 0.25) is 0 Å². The maximum absolute atomic E-state index is 8.50. The van der Waals surface area contributed by atoms with Crippen LogP contribution in [-0.4, -0.2) is 96.7 Å². The predicted molar refractivity (Wildman–Crippen MR) is 95.1 cm³/mol. The fraction of sp³-hybridized carbons (Fsp3) is 1.00. The number of hydrogen-bond acceptors (Lipinski definition) is 8. The van der Waals surface area contributed by atoms with E-state index in [1.165, 1.54) is 0 Å². The van der Waals surface area contributed by atoms with E-state index in [1.54, 1.807) is 0 Å². The van der Waals surface area contributed by atoms with Crippen LogP contribution in [0.3, 0.4) is 0 Å². The first-order chi connectivity index (χ1) is 11.9. The van der Waals surface area contributed by atoms with Crippen LogP contribution in [0.25, 0.3) is 0 Å². The molecule has 0 aliphatic carbocycles. The first-order valence-corrected chi connectivity index (χ1v) is 9.23. The van der Waals surface area contributed by atoms with Crippen LogP contribution in [0.15, 0.2) is 0 Å². The summed E-state index contributed by atoms with van der Waals surface area (Å²) < 4.78 is 31.9. The molecule has 0 spiro atoms. The van der Waals surface area contributed by atoms with Gasteiger partial charge in [-0.3, -0.25) is 0 Å². The van der Waals surface area contributed by atoms with Crippen molar-refractivity contribution in [2.24, 2.45) is 0 Å². The quantitative estimate of drug-likeness (QED) is 0.228. The molecule has 7 nitrogen and oxygen atoms in total. The van der Waals surface area contributed by atoms with Crippen molar-refractivity contribution in [1.82, 2.24) is 0 Å². The Morgan fingerprint density at radius 1 is 0.458 bits per heavy atom. The maximum Gasteiger partial charge on any atom is 0.0701 e. The van der Waals surface area contributed by atoms with Crippen LogP contribution in [0, 0.1) is 0 Å². The molecule has 24 heavy (non-hydrogen) atoms. The first kappa shape index (κ1) is 24.1. The van der Waals surface area contributed by atoms with Gasteiger partial charge in [0.15, 0.2) is 0 Å². The summed E-state index contributed by atoms with van der Waals surface area (Å²) in [5, 5.41) is 8.50. The molecule has 0 atom stereocenters. The highest BCUT2D eigenvalue weighted by molar-refractivity contribution is 7.80. The highest BCUT2D eigenvalue weighted by Crippen LogP contribution is 1.92. The maximum atomic E-state index is 8.50. The minimum atomic E-state index is 0.0403. The summed E-state index contributed by atoms with van der Waals surface area (Å²) in [6.45, 7) is 6.66. The second-order valence-electron chi connectivity index (χ2n) is 4.83. The van der Waals surface area contributed by atoms with Gasteiger partial charge in [0, 0.05) is 6.61 Å². The summed E-state index contributed by atoms with van der Waals surface area (Å²) in [5.74, 6) is 0.911. The number of unbranched alkanes of at least 4 members (excludes halogenated alkanes) is 1. The highest BCUT2D eigenvalue weighted by atomic mass is 32.1. The van der Waals surface area contributed by atoms with Gasteiger partial charge in [0.25, 0.3) is 0 Å². The molecular formula is C16H34O7S. The minimum Gasteiger partial charge on any atom is -0.394 e. The number of hydrogen-bond donors (Lipinski definition) is 2. The van der Waals surface area contributed by atoms with E-state index in [-0.39, 0.29) is 6.61 Å². The fourth-order valence-electron chi connectivity index (χ4n) is 1.58. The van der Waals surface area contributed by atoms with Gasteiger partial charge in [0.1, 0.15) is 0 Å². The summed E-state index contributed by atoms with van der Waals surface area (Å²) >= 11 is 4.14. The molecule has 0 bridgehead atoms. The van der Waals surface area contributed by atoms with Gasteiger partial charge in [-0.2, -0.15) is 12.6 Å². The van der Waals surface area contributed by atoms with Crippen molar-refractivity contribution >= 4 is 12.6 Å². The lowest BCUT2D eigenvalue weighted by Gasteiger charge is -2.08. The summed E-state index contributed by atoms with van der Waals surface area (Å²) in [6.07, 6.45) is 2.14. The molecule has 0 heterocycles. The van der Waals surface area contributed by atoms with Crippen LogP contribution >= 0.6 is 12.6 Å². The third-order valence-electron chi connectivity index (χ3n) is 2.79. The molecule has 0 fully saturated rings. The zero-order valence-electron chi connectivity index (χ0n) is 14.7. The van der Waals surface area contributed by atoms with Crippen molar-refractivity contribution in [1.29, 1.82) is 0 Å². The standard InChI is InChI=1S/C16H34O7S/c17-3-5-19-7-9-21-11-13-23-15-14-22-12-10-20-8-6-18-4-1-2-16-24/h17,24H,1-16H2. The molecule has 0 aromatic rings. The molecule has 8 heteroatoms. The summed E-state index contributed by atoms with van der Waals surface area (Å²) in [7, 11) is 0. The van der Waals surface area contributed by atoms with Gasteiger partial charge in [-0.05, 0) is 18.6 Å². The lowest BCUT2D eigenvalue weighted by molar-refractivity contribution is -0.0182. The van der Waals surface area contributed by atoms with Gasteiger partial charge in [-0.25, -0.2) is 0 Å². The molecule has 0 saturated heterocycles. The van der Waals surface area contributed by atoms with Gasteiger partial charge >= 0.3 is 0 Å². The largest absolute Gasteiger partial charge is 0.394 e. The molecule has 0 radical (unpaired) electrons. The van der Waals surface area contributed by atoms with Crippen LogP contribution in [0.4, 0.5) is 0 Å². The van der Waals surface area contributed by atoms with Gasteiger partial charge in [-0.15, -0.1) is 0 Å². The number of ether oxygens (including phenoxy) is 6. The normalized spacial score (nSPS) is 11.2. The number of aliphatic hydroxyl groups is 1.